The van der Waals surface area contributed by atoms with Crippen molar-refractivity contribution in [3.05, 3.63) is 42.2 Å². The van der Waals surface area contributed by atoms with Crippen LogP contribution in [0.25, 0.3) is 33.7 Å². The van der Waals surface area contributed by atoms with Gasteiger partial charge in [-0.05, 0) is 38.4 Å². The maximum Gasteiger partial charge on any atom is 0.419 e. The Bertz CT molecular complexity index is 1260. The van der Waals surface area contributed by atoms with Gasteiger partial charge in [0.1, 0.15) is 16.9 Å². The number of aromatic amines is 1. The zero-order valence-electron chi connectivity index (χ0n) is 17.1. The molecule has 32 heavy (non-hydrogen) atoms. The molecule has 4 aromatic rings. The summed E-state index contributed by atoms with van der Waals surface area (Å²) in [5.74, 6) is 0.673. The molecule has 0 bridgehead atoms. The molecule has 0 unspecified atom stereocenters. The third kappa shape index (κ3) is 3.79. The zero-order chi connectivity index (χ0) is 22.3. The lowest BCUT2D eigenvalue weighted by molar-refractivity contribution is -0.137. The highest BCUT2D eigenvalue weighted by molar-refractivity contribution is 5.94. The van der Waals surface area contributed by atoms with E-state index in [1.54, 1.807) is 19.1 Å². The highest BCUT2D eigenvalue weighted by Crippen LogP contribution is 2.39. The molecule has 3 N–H and O–H groups in total. The number of piperidine rings is 1. The first-order valence-electron chi connectivity index (χ1n) is 10.2. The molecule has 0 amide bonds. The molecule has 0 aliphatic carbocycles. The fourth-order valence-corrected chi connectivity index (χ4v) is 3.90. The molecule has 0 saturated carbocycles. The van der Waals surface area contributed by atoms with Crippen molar-refractivity contribution in [1.29, 1.82) is 0 Å². The summed E-state index contributed by atoms with van der Waals surface area (Å²) < 4.78 is 46.7. The van der Waals surface area contributed by atoms with Gasteiger partial charge in [0, 0.05) is 35.9 Å². The third-order valence-electron chi connectivity index (χ3n) is 5.50. The van der Waals surface area contributed by atoms with Crippen molar-refractivity contribution in [2.24, 2.45) is 0 Å². The molecule has 0 radical (unpaired) electrons. The van der Waals surface area contributed by atoms with E-state index in [1.165, 1.54) is 12.6 Å². The van der Waals surface area contributed by atoms with E-state index in [-0.39, 0.29) is 17.7 Å². The van der Waals surface area contributed by atoms with Gasteiger partial charge in [-0.2, -0.15) is 13.2 Å². The Morgan fingerprint density at radius 1 is 1.19 bits per heavy atom. The van der Waals surface area contributed by atoms with Crippen molar-refractivity contribution in [3.8, 4) is 22.7 Å². The first-order chi connectivity index (χ1) is 15.4. The largest absolute Gasteiger partial charge is 0.442 e. The predicted octanol–water partition coefficient (Wildman–Crippen LogP) is 4.17. The fourth-order valence-electron chi connectivity index (χ4n) is 3.90. The lowest BCUT2D eigenvalue weighted by Gasteiger charge is -2.24. The summed E-state index contributed by atoms with van der Waals surface area (Å²) in [6, 6.07) is 3.45. The minimum Gasteiger partial charge on any atom is -0.442 e. The summed E-state index contributed by atoms with van der Waals surface area (Å²) >= 11 is 0. The normalized spacial score (nSPS) is 17.1. The molecule has 1 fully saturated rings. The van der Waals surface area contributed by atoms with Crippen molar-refractivity contribution in [2.75, 3.05) is 18.4 Å². The first-order valence-corrected chi connectivity index (χ1v) is 10.2. The smallest absolute Gasteiger partial charge is 0.419 e. The van der Waals surface area contributed by atoms with Crippen molar-refractivity contribution in [1.82, 2.24) is 30.2 Å². The van der Waals surface area contributed by atoms with E-state index in [4.69, 9.17) is 4.42 Å². The molecule has 1 aliphatic heterocycles. The average Bonchev–Trinajstić information content (AvgIpc) is 3.39. The number of halogens is 3. The SMILES string of the molecule is Cc1ncoc1-c1ccc2c(-c3nc(N[C@H]4CCCNC4)ncc3C(F)(F)F)c[nH]c2n1. The van der Waals surface area contributed by atoms with Crippen LogP contribution < -0.4 is 10.6 Å². The summed E-state index contributed by atoms with van der Waals surface area (Å²) in [6.45, 7) is 3.42. The lowest BCUT2D eigenvalue weighted by atomic mass is 10.1. The van der Waals surface area contributed by atoms with Crippen molar-refractivity contribution >= 4 is 17.0 Å². The molecule has 1 aliphatic rings. The zero-order valence-corrected chi connectivity index (χ0v) is 17.1. The fraction of sp³-hybridized carbons (Fsp3) is 0.333. The molecule has 5 heterocycles. The van der Waals surface area contributed by atoms with E-state index in [2.05, 4.69) is 35.6 Å². The second-order valence-corrected chi connectivity index (χ2v) is 7.70. The summed E-state index contributed by atoms with van der Waals surface area (Å²) in [5.41, 5.74) is 0.827. The summed E-state index contributed by atoms with van der Waals surface area (Å²) in [5, 5.41) is 6.92. The Kier molecular flexibility index (Phi) is 5.04. The van der Waals surface area contributed by atoms with Gasteiger partial charge in [-0.25, -0.2) is 19.9 Å². The van der Waals surface area contributed by atoms with Crippen LogP contribution in [0.2, 0.25) is 0 Å². The number of aromatic nitrogens is 5. The van der Waals surface area contributed by atoms with Gasteiger partial charge in [-0.1, -0.05) is 0 Å². The van der Waals surface area contributed by atoms with Crippen LogP contribution in [-0.2, 0) is 6.18 Å². The number of aryl methyl sites for hydroxylation is 1. The molecule has 1 atom stereocenters. The molecule has 4 aromatic heterocycles. The molecule has 5 rings (SSSR count). The second-order valence-electron chi connectivity index (χ2n) is 7.70. The van der Waals surface area contributed by atoms with Gasteiger partial charge in [-0.3, -0.25) is 0 Å². The number of hydrogen-bond donors (Lipinski definition) is 3. The van der Waals surface area contributed by atoms with Crippen LogP contribution in [0.4, 0.5) is 19.1 Å². The van der Waals surface area contributed by atoms with Crippen LogP contribution >= 0.6 is 0 Å². The number of nitrogens with one attached hydrogen (secondary N) is 3. The van der Waals surface area contributed by atoms with Crippen LogP contribution in [0.5, 0.6) is 0 Å². The van der Waals surface area contributed by atoms with E-state index in [0.717, 1.165) is 25.6 Å². The molecule has 8 nitrogen and oxygen atoms in total. The van der Waals surface area contributed by atoms with Gasteiger partial charge in [0.2, 0.25) is 5.95 Å². The Labute approximate surface area is 180 Å². The minimum absolute atomic E-state index is 0.0608. The number of fused-ring (bicyclic) bond motifs is 1. The highest BCUT2D eigenvalue weighted by atomic mass is 19.4. The molecular formula is C21H20F3N7O. The maximum atomic E-state index is 13.8. The van der Waals surface area contributed by atoms with E-state index in [9.17, 15) is 13.2 Å². The number of anilines is 1. The first kappa shape index (κ1) is 20.4. The number of oxazole rings is 1. The van der Waals surface area contributed by atoms with E-state index in [1.807, 2.05) is 0 Å². The quantitative estimate of drug-likeness (QED) is 0.435. The van der Waals surface area contributed by atoms with Gasteiger partial charge >= 0.3 is 6.18 Å². The number of hydrogen-bond acceptors (Lipinski definition) is 7. The van der Waals surface area contributed by atoms with E-state index < -0.39 is 11.7 Å². The van der Waals surface area contributed by atoms with Crippen LogP contribution in [0.15, 0.2) is 35.3 Å². The lowest BCUT2D eigenvalue weighted by Crippen LogP contribution is -2.38. The second kappa shape index (κ2) is 7.90. The number of nitrogens with zero attached hydrogens (tertiary/aromatic N) is 4. The number of pyridine rings is 1. The predicted molar refractivity (Wildman–Crippen MR) is 112 cm³/mol. The van der Waals surface area contributed by atoms with Crippen LogP contribution in [0.1, 0.15) is 24.1 Å². The molecule has 0 aromatic carbocycles. The van der Waals surface area contributed by atoms with Crippen molar-refractivity contribution < 1.29 is 17.6 Å². The van der Waals surface area contributed by atoms with E-state index >= 15 is 0 Å². The van der Waals surface area contributed by atoms with Gasteiger partial charge in [0.15, 0.2) is 12.2 Å². The van der Waals surface area contributed by atoms with Crippen LogP contribution in [-0.4, -0.2) is 44.1 Å². The molecule has 0 spiro atoms. The molecular weight excluding hydrogens is 423 g/mol. The van der Waals surface area contributed by atoms with E-state index in [0.29, 0.717) is 40.3 Å². The Balaban J connectivity index is 1.57. The minimum atomic E-state index is -4.60. The third-order valence-corrected chi connectivity index (χ3v) is 5.50. The number of rotatable bonds is 4. The molecule has 11 heteroatoms. The topological polar surface area (TPSA) is 105 Å². The Hall–Kier alpha value is -3.47. The highest BCUT2D eigenvalue weighted by Gasteiger charge is 2.36. The van der Waals surface area contributed by atoms with Crippen molar-refractivity contribution in [3.63, 3.8) is 0 Å². The molecule has 166 valence electrons. The summed E-state index contributed by atoms with van der Waals surface area (Å²) in [6.07, 6.45) is 0.912. The number of alkyl halides is 3. The van der Waals surface area contributed by atoms with Gasteiger partial charge in [0.25, 0.3) is 0 Å². The van der Waals surface area contributed by atoms with Crippen LogP contribution in [0.3, 0.4) is 0 Å². The monoisotopic (exact) mass is 443 g/mol. The van der Waals surface area contributed by atoms with Crippen LogP contribution in [0, 0.1) is 6.92 Å². The standard InChI is InChI=1S/C21H20F3N7O/c1-11-18(32-10-28-11)16-5-4-13-14(8-26-19(13)30-16)17-15(21(22,23)24)9-27-20(31-17)29-12-3-2-6-25-7-12/h4-5,8-10,12,25H,2-3,6-7H2,1H3,(H,26,30)(H,27,29,31)/t12-/m0/s1. The van der Waals surface area contributed by atoms with Gasteiger partial charge in [0.05, 0.1) is 11.4 Å². The Morgan fingerprint density at radius 3 is 2.78 bits per heavy atom. The summed E-state index contributed by atoms with van der Waals surface area (Å²) in [7, 11) is 0. The van der Waals surface area contributed by atoms with Crippen molar-refractivity contribution in [2.45, 2.75) is 32.0 Å². The molecule has 1 saturated heterocycles. The number of H-pyrrole nitrogens is 1. The summed E-state index contributed by atoms with van der Waals surface area (Å²) in [4.78, 5) is 19.7. The van der Waals surface area contributed by atoms with Gasteiger partial charge in [-0.15, -0.1) is 0 Å². The maximum absolute atomic E-state index is 13.8. The average molecular weight is 443 g/mol. The van der Waals surface area contributed by atoms with Gasteiger partial charge < -0.3 is 20.0 Å². The Morgan fingerprint density at radius 2 is 2.06 bits per heavy atom.